The molecule has 1 aromatic rings. The lowest BCUT2D eigenvalue weighted by atomic mass is 9.80. The first-order valence-electron chi connectivity index (χ1n) is 6.86. The number of hydrogen-bond donors (Lipinski definition) is 0. The fraction of sp³-hybridized carbons (Fsp3) is 0.235. The summed E-state index contributed by atoms with van der Waals surface area (Å²) in [5.41, 5.74) is -3.62. The van der Waals surface area contributed by atoms with E-state index in [4.69, 9.17) is 0 Å². The summed E-state index contributed by atoms with van der Waals surface area (Å²) in [7, 11) is 0. The van der Waals surface area contributed by atoms with Gasteiger partial charge in [0.05, 0.1) is 0 Å². The van der Waals surface area contributed by atoms with Crippen LogP contribution in [0.1, 0.15) is 10.4 Å². The zero-order valence-electron chi connectivity index (χ0n) is 12.5. The Balaban J connectivity index is 0.00000312. The van der Waals surface area contributed by atoms with Crippen LogP contribution >= 0.6 is 12.4 Å². The molecular formula is C17H13ClF6O. The summed E-state index contributed by atoms with van der Waals surface area (Å²) >= 11 is 0. The highest BCUT2D eigenvalue weighted by Gasteiger charge is 2.68. The molecular weight excluding hydrogens is 370 g/mol. The summed E-state index contributed by atoms with van der Waals surface area (Å²) in [5.74, 6) is -1.21. The van der Waals surface area contributed by atoms with Gasteiger partial charge < -0.3 is 0 Å². The molecule has 1 aromatic carbocycles. The third-order valence-corrected chi connectivity index (χ3v) is 3.63. The predicted octanol–water partition coefficient (Wildman–Crippen LogP) is 5.70. The lowest BCUT2D eigenvalue weighted by Crippen LogP contribution is -2.48. The molecule has 0 unspecified atom stereocenters. The summed E-state index contributed by atoms with van der Waals surface area (Å²) < 4.78 is 77.2. The SMILES string of the molecule is Cl.O=C(/C=C/C1C=CC(C(F)(F)F)(C(F)(F)F)C=C1)c1ccccc1. The number of carbonyl (C=O) groups excluding carboxylic acids is 1. The molecule has 0 N–H and O–H groups in total. The maximum Gasteiger partial charge on any atom is 0.410 e. The molecule has 0 saturated heterocycles. The van der Waals surface area contributed by atoms with Gasteiger partial charge in [0.25, 0.3) is 0 Å². The Morgan fingerprint density at radius 3 is 1.84 bits per heavy atom. The second-order valence-corrected chi connectivity index (χ2v) is 5.25. The van der Waals surface area contributed by atoms with Crippen LogP contribution in [-0.2, 0) is 0 Å². The van der Waals surface area contributed by atoms with E-state index in [1.54, 1.807) is 30.3 Å². The highest BCUT2D eigenvalue weighted by atomic mass is 35.5. The molecule has 0 aromatic heterocycles. The first-order chi connectivity index (χ1) is 11.1. The minimum atomic E-state index is -5.49. The van der Waals surface area contributed by atoms with Crippen molar-refractivity contribution in [2.45, 2.75) is 12.4 Å². The van der Waals surface area contributed by atoms with Crippen LogP contribution < -0.4 is 0 Å². The van der Waals surface area contributed by atoms with Crippen LogP contribution in [0.5, 0.6) is 0 Å². The summed E-state index contributed by atoms with van der Waals surface area (Å²) in [5, 5.41) is 0. The van der Waals surface area contributed by atoms with Gasteiger partial charge in [0, 0.05) is 11.5 Å². The van der Waals surface area contributed by atoms with Gasteiger partial charge in [0.1, 0.15) is 0 Å². The zero-order valence-corrected chi connectivity index (χ0v) is 13.3. The molecule has 0 radical (unpaired) electrons. The maximum atomic E-state index is 12.9. The predicted molar refractivity (Wildman–Crippen MR) is 83.5 cm³/mol. The van der Waals surface area contributed by atoms with Crippen molar-refractivity contribution in [3.05, 3.63) is 72.4 Å². The van der Waals surface area contributed by atoms with Gasteiger partial charge in [0.2, 0.25) is 0 Å². The van der Waals surface area contributed by atoms with Crippen molar-refractivity contribution < 1.29 is 31.1 Å². The molecule has 25 heavy (non-hydrogen) atoms. The fourth-order valence-corrected chi connectivity index (χ4v) is 2.21. The van der Waals surface area contributed by atoms with Crippen LogP contribution in [0.4, 0.5) is 26.3 Å². The van der Waals surface area contributed by atoms with E-state index in [2.05, 4.69) is 0 Å². The molecule has 136 valence electrons. The Morgan fingerprint density at radius 1 is 0.920 bits per heavy atom. The van der Waals surface area contributed by atoms with E-state index >= 15 is 0 Å². The van der Waals surface area contributed by atoms with Gasteiger partial charge in [-0.1, -0.05) is 60.7 Å². The Morgan fingerprint density at radius 2 is 1.40 bits per heavy atom. The summed E-state index contributed by atoms with van der Waals surface area (Å²) in [6.45, 7) is 0. The van der Waals surface area contributed by atoms with Crippen LogP contribution in [0.2, 0.25) is 0 Å². The number of hydrogen-bond acceptors (Lipinski definition) is 1. The number of benzene rings is 1. The first-order valence-corrected chi connectivity index (χ1v) is 6.86. The molecule has 0 fully saturated rings. The molecule has 0 aliphatic heterocycles. The number of halogens is 7. The number of rotatable bonds is 3. The quantitative estimate of drug-likeness (QED) is 0.283. The number of carbonyl (C=O) groups is 1. The average Bonchev–Trinajstić information content (AvgIpc) is 2.51. The molecule has 0 amide bonds. The van der Waals surface area contributed by atoms with Gasteiger partial charge >= 0.3 is 12.4 Å². The Bertz CT molecular complexity index is 655. The number of alkyl halides is 6. The van der Waals surface area contributed by atoms with Gasteiger partial charge in [-0.15, -0.1) is 12.4 Å². The van der Waals surface area contributed by atoms with Crippen molar-refractivity contribution in [3.8, 4) is 0 Å². The van der Waals surface area contributed by atoms with E-state index in [9.17, 15) is 31.1 Å². The topological polar surface area (TPSA) is 17.1 Å². The first kappa shape index (κ1) is 21.0. The van der Waals surface area contributed by atoms with Crippen molar-refractivity contribution >= 4 is 18.2 Å². The van der Waals surface area contributed by atoms with E-state index in [1.807, 2.05) is 0 Å². The Hall–Kier alpha value is -2.02. The molecule has 1 aliphatic carbocycles. The summed E-state index contributed by atoms with van der Waals surface area (Å²) in [4.78, 5) is 11.8. The van der Waals surface area contributed by atoms with E-state index in [0.29, 0.717) is 5.56 Å². The highest BCUT2D eigenvalue weighted by molar-refractivity contribution is 6.04. The van der Waals surface area contributed by atoms with Crippen LogP contribution in [-0.4, -0.2) is 18.1 Å². The largest absolute Gasteiger partial charge is 0.410 e. The lowest BCUT2D eigenvalue weighted by Gasteiger charge is -2.34. The minimum Gasteiger partial charge on any atom is -0.289 e. The molecule has 8 heteroatoms. The summed E-state index contributed by atoms with van der Waals surface area (Å²) in [6.07, 6.45) is -6.85. The standard InChI is InChI=1S/C17H12F6O.ClH/c18-16(19,20)15(17(21,22)23)10-8-12(9-11-15)6-7-14(24)13-4-2-1-3-5-13;/h1-12H;1H/b7-6+;. The van der Waals surface area contributed by atoms with E-state index in [1.165, 1.54) is 6.08 Å². The lowest BCUT2D eigenvalue weighted by molar-refractivity contribution is -0.303. The second-order valence-electron chi connectivity index (χ2n) is 5.25. The Labute approximate surface area is 146 Å². The fourth-order valence-electron chi connectivity index (χ4n) is 2.21. The van der Waals surface area contributed by atoms with Gasteiger partial charge in [-0.3, -0.25) is 4.79 Å². The third-order valence-electron chi connectivity index (χ3n) is 3.63. The van der Waals surface area contributed by atoms with Gasteiger partial charge in [-0.05, 0) is 6.08 Å². The number of ketones is 1. The van der Waals surface area contributed by atoms with Crippen molar-refractivity contribution in [2.24, 2.45) is 11.3 Å². The van der Waals surface area contributed by atoms with Crippen molar-refractivity contribution in [1.82, 2.24) is 0 Å². The number of allylic oxidation sites excluding steroid dienone is 6. The average molecular weight is 383 g/mol. The van der Waals surface area contributed by atoms with Crippen molar-refractivity contribution in [1.29, 1.82) is 0 Å². The van der Waals surface area contributed by atoms with Crippen LogP contribution in [0, 0.1) is 11.3 Å². The van der Waals surface area contributed by atoms with Gasteiger partial charge in [-0.25, -0.2) is 0 Å². The van der Waals surface area contributed by atoms with Crippen molar-refractivity contribution in [3.63, 3.8) is 0 Å². The van der Waals surface area contributed by atoms with Gasteiger partial charge in [-0.2, -0.15) is 26.3 Å². The molecule has 0 spiro atoms. The summed E-state index contributed by atoms with van der Waals surface area (Å²) in [6, 6.07) is 8.10. The monoisotopic (exact) mass is 382 g/mol. The normalized spacial score (nSPS) is 17.5. The zero-order chi connectivity index (χ0) is 18.0. The minimum absolute atomic E-state index is 0. The maximum absolute atomic E-state index is 12.9. The third kappa shape index (κ3) is 4.34. The van der Waals surface area contributed by atoms with E-state index in [-0.39, 0.29) is 30.3 Å². The highest BCUT2D eigenvalue weighted by Crippen LogP contribution is 2.53. The molecule has 1 nitrogen and oxygen atoms in total. The van der Waals surface area contributed by atoms with Crippen LogP contribution in [0.25, 0.3) is 0 Å². The van der Waals surface area contributed by atoms with E-state index < -0.39 is 23.7 Å². The van der Waals surface area contributed by atoms with E-state index in [0.717, 1.165) is 18.2 Å². The molecule has 2 rings (SSSR count). The molecule has 1 aliphatic rings. The molecule has 0 saturated carbocycles. The smallest absolute Gasteiger partial charge is 0.289 e. The van der Waals surface area contributed by atoms with Crippen LogP contribution in [0.3, 0.4) is 0 Å². The second kappa shape index (κ2) is 7.47. The van der Waals surface area contributed by atoms with Gasteiger partial charge in [0.15, 0.2) is 11.2 Å². The molecule has 0 atom stereocenters. The molecule has 0 heterocycles. The Kier molecular flexibility index (Phi) is 6.28. The molecule has 0 bridgehead atoms. The van der Waals surface area contributed by atoms with Crippen molar-refractivity contribution in [2.75, 3.05) is 0 Å². The van der Waals surface area contributed by atoms with Crippen LogP contribution in [0.15, 0.2) is 66.8 Å².